The molecule has 0 N–H and O–H groups in total. The van der Waals surface area contributed by atoms with Gasteiger partial charge in [0.15, 0.2) is 0 Å². The van der Waals surface area contributed by atoms with Crippen LogP contribution in [0.15, 0.2) is 59.3 Å². The molecule has 5 rings (SSSR count). The van der Waals surface area contributed by atoms with E-state index in [1.165, 1.54) is 5.56 Å². The first kappa shape index (κ1) is 33.9. The first-order valence-corrected chi connectivity index (χ1v) is 16.9. The minimum absolute atomic E-state index is 0.164. The van der Waals surface area contributed by atoms with Crippen LogP contribution < -0.4 is 4.74 Å². The van der Waals surface area contributed by atoms with E-state index in [1.807, 2.05) is 67.9 Å². The molecular formula is C33H33BrN4O5S2. The van der Waals surface area contributed by atoms with Gasteiger partial charge in [-0.15, -0.1) is 22.7 Å². The summed E-state index contributed by atoms with van der Waals surface area (Å²) in [7, 11) is 0. The normalized spacial score (nSPS) is 10.7. The molecule has 0 spiro atoms. The Bertz CT molecular complexity index is 1820. The number of alkyl halides is 1. The van der Waals surface area contributed by atoms with Crippen LogP contribution in [-0.4, -0.2) is 19.8 Å². The van der Waals surface area contributed by atoms with Gasteiger partial charge in [-0.25, -0.2) is 9.97 Å². The monoisotopic (exact) mass is 708 g/mol. The van der Waals surface area contributed by atoms with Crippen LogP contribution >= 0.6 is 38.6 Å². The standard InChI is InChI=1S/C20H20N2O3S.C13H13BrN2O2S/c1-13-4-6-18(7-5-13)25-11-17-12-26-20(21-17)10-16-8-15(3)19(22(23)24)9-14(16)2;1-8-4-12(16(17)18)9(2)3-10(8)5-13-15-11(6-14)7-19-13/h4-9,12H,10-11H2,1-3H3;3-4,7H,5-6H2,1-2H3. The quantitative estimate of drug-likeness (QED) is 0.0805. The number of halogens is 1. The largest absolute Gasteiger partial charge is 0.487 e. The van der Waals surface area contributed by atoms with Gasteiger partial charge in [0.05, 0.1) is 31.2 Å². The molecule has 12 heteroatoms. The number of aryl methyl sites for hydroxylation is 5. The minimum Gasteiger partial charge on any atom is -0.487 e. The molecule has 0 unspecified atom stereocenters. The van der Waals surface area contributed by atoms with Crippen molar-refractivity contribution in [2.24, 2.45) is 0 Å². The molecule has 0 bridgehead atoms. The predicted octanol–water partition coefficient (Wildman–Crippen LogP) is 9.30. The zero-order valence-corrected chi connectivity index (χ0v) is 28.8. The molecule has 0 saturated carbocycles. The summed E-state index contributed by atoms with van der Waals surface area (Å²) in [4.78, 5) is 30.4. The maximum absolute atomic E-state index is 11.0. The third-order valence-corrected chi connectivity index (χ3v) is 9.50. The number of nitrogens with zero attached hydrogens (tertiary/aromatic N) is 4. The molecule has 9 nitrogen and oxygen atoms in total. The van der Waals surface area contributed by atoms with E-state index < -0.39 is 0 Å². The summed E-state index contributed by atoms with van der Waals surface area (Å²) >= 11 is 6.58. The number of benzene rings is 3. The number of ether oxygens (including phenoxy) is 1. The van der Waals surface area contributed by atoms with Gasteiger partial charge >= 0.3 is 0 Å². The summed E-state index contributed by atoms with van der Waals surface area (Å²) in [6.07, 6.45) is 1.39. The van der Waals surface area contributed by atoms with E-state index in [2.05, 4.69) is 25.9 Å². The molecular weight excluding hydrogens is 676 g/mol. The second kappa shape index (κ2) is 15.3. The van der Waals surface area contributed by atoms with Crippen LogP contribution in [0.25, 0.3) is 0 Å². The molecule has 0 amide bonds. The Labute approximate surface area is 278 Å². The van der Waals surface area contributed by atoms with Crippen molar-refractivity contribution in [1.82, 2.24) is 9.97 Å². The van der Waals surface area contributed by atoms with Gasteiger partial charge < -0.3 is 4.74 Å². The van der Waals surface area contributed by atoms with E-state index in [0.717, 1.165) is 61.2 Å². The highest BCUT2D eigenvalue weighted by Gasteiger charge is 2.16. The van der Waals surface area contributed by atoms with E-state index in [1.54, 1.807) is 48.7 Å². The van der Waals surface area contributed by atoms with Gasteiger partial charge in [-0.1, -0.05) is 33.6 Å². The fourth-order valence-corrected chi connectivity index (χ4v) is 6.72. The van der Waals surface area contributed by atoms with Gasteiger partial charge in [0.25, 0.3) is 11.4 Å². The summed E-state index contributed by atoms with van der Waals surface area (Å²) in [6.45, 7) is 9.81. The lowest BCUT2D eigenvalue weighted by Crippen LogP contribution is -1.99. The Hall–Kier alpha value is -4.00. The molecule has 45 heavy (non-hydrogen) atoms. The fraction of sp³-hybridized carbons (Fsp3) is 0.273. The Morgan fingerprint density at radius 3 is 1.62 bits per heavy atom. The number of hydrogen-bond donors (Lipinski definition) is 0. The van der Waals surface area contributed by atoms with E-state index >= 15 is 0 Å². The van der Waals surface area contributed by atoms with Gasteiger partial charge in [-0.05, 0) is 81.1 Å². The van der Waals surface area contributed by atoms with Crippen molar-refractivity contribution in [1.29, 1.82) is 0 Å². The van der Waals surface area contributed by atoms with Gasteiger partial charge in [-0.2, -0.15) is 0 Å². The highest BCUT2D eigenvalue weighted by atomic mass is 79.9. The van der Waals surface area contributed by atoms with Crippen molar-refractivity contribution in [2.45, 2.75) is 59.4 Å². The van der Waals surface area contributed by atoms with Gasteiger partial charge in [-0.3, -0.25) is 20.2 Å². The smallest absolute Gasteiger partial charge is 0.272 e. The number of nitro groups is 2. The average molecular weight is 710 g/mol. The van der Waals surface area contributed by atoms with Crippen LogP contribution in [0.5, 0.6) is 5.75 Å². The van der Waals surface area contributed by atoms with Gasteiger partial charge in [0.2, 0.25) is 0 Å². The van der Waals surface area contributed by atoms with E-state index in [4.69, 9.17) is 4.74 Å². The molecule has 0 radical (unpaired) electrons. The molecule has 234 valence electrons. The molecule has 0 aliphatic rings. The highest BCUT2D eigenvalue weighted by Crippen LogP contribution is 2.27. The molecule has 0 aliphatic carbocycles. The Kier molecular flexibility index (Phi) is 11.5. The highest BCUT2D eigenvalue weighted by molar-refractivity contribution is 9.08. The lowest BCUT2D eigenvalue weighted by Gasteiger charge is -2.06. The molecule has 5 aromatic rings. The lowest BCUT2D eigenvalue weighted by molar-refractivity contribution is -0.385. The van der Waals surface area contributed by atoms with Crippen LogP contribution in [-0.2, 0) is 24.8 Å². The van der Waals surface area contributed by atoms with Crippen LogP contribution in [0.3, 0.4) is 0 Å². The van der Waals surface area contributed by atoms with Crippen molar-refractivity contribution in [2.75, 3.05) is 0 Å². The second-order valence-corrected chi connectivity index (χ2v) is 13.1. The third kappa shape index (κ3) is 9.25. The zero-order valence-electron chi connectivity index (χ0n) is 25.6. The predicted molar refractivity (Wildman–Crippen MR) is 183 cm³/mol. The van der Waals surface area contributed by atoms with Crippen LogP contribution in [0.1, 0.15) is 60.3 Å². The second-order valence-electron chi connectivity index (χ2n) is 10.7. The molecule has 2 aromatic heterocycles. The van der Waals surface area contributed by atoms with Crippen LogP contribution in [0, 0.1) is 54.8 Å². The summed E-state index contributed by atoms with van der Waals surface area (Å²) in [6, 6.07) is 15.0. The van der Waals surface area contributed by atoms with Crippen molar-refractivity contribution in [3.05, 3.63) is 140 Å². The van der Waals surface area contributed by atoms with Crippen LogP contribution in [0.4, 0.5) is 11.4 Å². The molecule has 0 atom stereocenters. The van der Waals surface area contributed by atoms with E-state index in [0.29, 0.717) is 24.2 Å². The minimum atomic E-state index is -0.337. The fourth-order valence-electron chi connectivity index (χ4n) is 4.60. The van der Waals surface area contributed by atoms with Crippen LogP contribution in [0.2, 0.25) is 0 Å². The molecule has 3 aromatic carbocycles. The van der Waals surface area contributed by atoms with E-state index in [-0.39, 0.29) is 21.2 Å². The van der Waals surface area contributed by atoms with Crippen molar-refractivity contribution in [3.63, 3.8) is 0 Å². The maximum atomic E-state index is 11.0. The topological polar surface area (TPSA) is 121 Å². The summed E-state index contributed by atoms with van der Waals surface area (Å²) < 4.78 is 5.76. The maximum Gasteiger partial charge on any atom is 0.272 e. The van der Waals surface area contributed by atoms with Crippen molar-refractivity contribution < 1.29 is 14.6 Å². The Morgan fingerprint density at radius 1 is 0.711 bits per heavy atom. The number of aromatic nitrogens is 2. The number of rotatable bonds is 10. The van der Waals surface area contributed by atoms with E-state index in [9.17, 15) is 20.2 Å². The number of thiazole rings is 2. The third-order valence-electron chi connectivity index (χ3n) is 7.13. The summed E-state index contributed by atoms with van der Waals surface area (Å²) in [5.41, 5.74) is 8.84. The molecule has 0 aliphatic heterocycles. The lowest BCUT2D eigenvalue weighted by atomic mass is 10.0. The van der Waals surface area contributed by atoms with Gasteiger partial charge in [0, 0.05) is 52.2 Å². The Morgan fingerprint density at radius 2 is 1.18 bits per heavy atom. The number of nitro benzene ring substituents is 2. The molecule has 2 heterocycles. The summed E-state index contributed by atoms with van der Waals surface area (Å²) in [5.74, 6) is 0.826. The number of hydrogen-bond acceptors (Lipinski definition) is 9. The first-order chi connectivity index (χ1) is 21.4. The Balaban J connectivity index is 0.000000215. The average Bonchev–Trinajstić information content (AvgIpc) is 3.65. The zero-order chi connectivity index (χ0) is 32.7. The SMILES string of the molecule is Cc1cc([N+](=O)[O-])c(C)cc1Cc1nc(CBr)cs1.Cc1ccc(OCc2csc(Cc3cc(C)c([N+](=O)[O-])cc3C)n2)cc1. The molecule has 0 saturated heterocycles. The summed E-state index contributed by atoms with van der Waals surface area (Å²) in [5, 5.41) is 28.7. The van der Waals surface area contributed by atoms with Crippen molar-refractivity contribution in [3.8, 4) is 5.75 Å². The van der Waals surface area contributed by atoms with Crippen molar-refractivity contribution >= 4 is 50.0 Å². The van der Waals surface area contributed by atoms with Gasteiger partial charge in [0.1, 0.15) is 12.4 Å². The first-order valence-electron chi connectivity index (χ1n) is 14.0. The molecule has 0 fully saturated rings.